The van der Waals surface area contributed by atoms with Crippen molar-refractivity contribution in [1.82, 2.24) is 0 Å². The van der Waals surface area contributed by atoms with Crippen LogP contribution in [-0.4, -0.2) is 32.8 Å². The van der Waals surface area contributed by atoms with Gasteiger partial charge in [-0.25, -0.2) is 4.39 Å². The molecule has 1 amide bonds. The molecule has 0 spiro atoms. The van der Waals surface area contributed by atoms with E-state index in [0.29, 0.717) is 31.2 Å². The third-order valence-electron chi connectivity index (χ3n) is 4.04. The first kappa shape index (κ1) is 16.7. The second-order valence-corrected chi connectivity index (χ2v) is 5.50. The lowest BCUT2D eigenvalue weighted by Crippen LogP contribution is -2.30. The second kappa shape index (κ2) is 8.10. The molecule has 2 atom stereocenters. The van der Waals surface area contributed by atoms with Crippen LogP contribution in [0.3, 0.4) is 0 Å². The summed E-state index contributed by atoms with van der Waals surface area (Å²) in [6.07, 6.45) is 2.79. The standard InChI is InChI=1S/C16H23FN2O3/c1-21-7-8-22-15-6-5-12(17)9-14(15)19-16(20)13-4-2-3-11(13)10-18/h5-6,9,11,13H,2-4,7-8,10,18H2,1H3,(H,19,20)/t11-,13-/m1/s1. The molecule has 0 aliphatic heterocycles. The summed E-state index contributed by atoms with van der Waals surface area (Å²) in [7, 11) is 1.57. The van der Waals surface area contributed by atoms with Gasteiger partial charge in [-0.3, -0.25) is 4.79 Å². The summed E-state index contributed by atoms with van der Waals surface area (Å²) in [5.41, 5.74) is 6.06. The van der Waals surface area contributed by atoms with E-state index in [-0.39, 0.29) is 17.7 Å². The number of amides is 1. The number of nitrogens with two attached hydrogens (primary N) is 1. The van der Waals surface area contributed by atoms with Crippen LogP contribution in [0.25, 0.3) is 0 Å². The molecular formula is C16H23FN2O3. The number of carbonyl (C=O) groups is 1. The zero-order chi connectivity index (χ0) is 15.9. The van der Waals surface area contributed by atoms with E-state index in [9.17, 15) is 9.18 Å². The average molecular weight is 310 g/mol. The number of rotatable bonds is 7. The summed E-state index contributed by atoms with van der Waals surface area (Å²) in [5, 5.41) is 2.78. The molecule has 1 aliphatic rings. The topological polar surface area (TPSA) is 73.6 Å². The van der Waals surface area contributed by atoms with Gasteiger partial charge in [0.15, 0.2) is 0 Å². The van der Waals surface area contributed by atoms with E-state index in [0.717, 1.165) is 19.3 Å². The highest BCUT2D eigenvalue weighted by atomic mass is 19.1. The monoisotopic (exact) mass is 310 g/mol. The molecule has 1 aromatic rings. The van der Waals surface area contributed by atoms with Crippen molar-refractivity contribution in [1.29, 1.82) is 0 Å². The minimum Gasteiger partial charge on any atom is -0.489 e. The molecule has 0 aromatic heterocycles. The molecule has 122 valence electrons. The SMILES string of the molecule is COCCOc1ccc(F)cc1NC(=O)[C@@H]1CCC[C@@H]1CN. The zero-order valence-electron chi connectivity index (χ0n) is 12.8. The number of ether oxygens (including phenoxy) is 2. The Hall–Kier alpha value is -1.66. The highest BCUT2D eigenvalue weighted by molar-refractivity contribution is 5.94. The van der Waals surface area contributed by atoms with Gasteiger partial charge in [-0.05, 0) is 37.4 Å². The lowest BCUT2D eigenvalue weighted by Gasteiger charge is -2.19. The quantitative estimate of drug-likeness (QED) is 0.757. The van der Waals surface area contributed by atoms with Crippen molar-refractivity contribution < 1.29 is 18.7 Å². The van der Waals surface area contributed by atoms with E-state index in [1.165, 1.54) is 18.2 Å². The Labute approximate surface area is 130 Å². The van der Waals surface area contributed by atoms with Crippen molar-refractivity contribution in [3.05, 3.63) is 24.0 Å². The van der Waals surface area contributed by atoms with Gasteiger partial charge in [-0.1, -0.05) is 6.42 Å². The number of hydrogen-bond acceptors (Lipinski definition) is 4. The van der Waals surface area contributed by atoms with Crippen LogP contribution >= 0.6 is 0 Å². The van der Waals surface area contributed by atoms with Gasteiger partial charge in [0.2, 0.25) is 5.91 Å². The number of methoxy groups -OCH3 is 1. The van der Waals surface area contributed by atoms with E-state index in [1.54, 1.807) is 7.11 Å². The van der Waals surface area contributed by atoms with Gasteiger partial charge >= 0.3 is 0 Å². The van der Waals surface area contributed by atoms with Gasteiger partial charge in [0.25, 0.3) is 0 Å². The largest absolute Gasteiger partial charge is 0.489 e. The third kappa shape index (κ3) is 4.18. The fourth-order valence-corrected chi connectivity index (χ4v) is 2.85. The molecule has 3 N–H and O–H groups in total. The molecule has 1 aromatic carbocycles. The Morgan fingerprint density at radius 2 is 2.23 bits per heavy atom. The van der Waals surface area contributed by atoms with E-state index in [4.69, 9.17) is 15.2 Å². The van der Waals surface area contributed by atoms with Gasteiger partial charge in [-0.2, -0.15) is 0 Å². The molecule has 0 bridgehead atoms. The van der Waals surface area contributed by atoms with E-state index in [2.05, 4.69) is 5.32 Å². The first-order chi connectivity index (χ1) is 10.7. The van der Waals surface area contributed by atoms with E-state index < -0.39 is 5.82 Å². The van der Waals surface area contributed by atoms with Crippen LogP contribution in [0.1, 0.15) is 19.3 Å². The molecule has 0 heterocycles. The summed E-state index contributed by atoms with van der Waals surface area (Å²) in [4.78, 5) is 12.4. The Morgan fingerprint density at radius 1 is 1.41 bits per heavy atom. The number of hydrogen-bond donors (Lipinski definition) is 2. The number of carbonyl (C=O) groups excluding carboxylic acids is 1. The maximum Gasteiger partial charge on any atom is 0.227 e. The molecule has 6 heteroatoms. The van der Waals surface area contributed by atoms with Gasteiger partial charge < -0.3 is 20.5 Å². The van der Waals surface area contributed by atoms with Gasteiger partial charge in [-0.15, -0.1) is 0 Å². The number of anilines is 1. The van der Waals surface area contributed by atoms with Gasteiger partial charge in [0, 0.05) is 19.1 Å². The minimum absolute atomic E-state index is 0.111. The lowest BCUT2D eigenvalue weighted by molar-refractivity contribution is -0.120. The van der Waals surface area contributed by atoms with Crippen LogP contribution in [0.5, 0.6) is 5.75 Å². The predicted octanol–water partition coefficient (Wildman–Crippen LogP) is 2.16. The van der Waals surface area contributed by atoms with Crippen molar-refractivity contribution in [2.24, 2.45) is 17.6 Å². The van der Waals surface area contributed by atoms with Crippen LogP contribution in [0, 0.1) is 17.7 Å². The predicted molar refractivity (Wildman–Crippen MR) is 82.3 cm³/mol. The highest BCUT2D eigenvalue weighted by Gasteiger charge is 2.32. The maximum absolute atomic E-state index is 13.5. The van der Waals surface area contributed by atoms with Crippen molar-refractivity contribution >= 4 is 11.6 Å². The van der Waals surface area contributed by atoms with Crippen LogP contribution in [0.2, 0.25) is 0 Å². The van der Waals surface area contributed by atoms with Crippen molar-refractivity contribution in [3.63, 3.8) is 0 Å². The number of nitrogens with one attached hydrogen (secondary N) is 1. The fraction of sp³-hybridized carbons (Fsp3) is 0.562. The molecule has 1 aliphatic carbocycles. The molecule has 0 radical (unpaired) electrons. The van der Waals surface area contributed by atoms with E-state index >= 15 is 0 Å². The number of halogens is 1. The molecule has 22 heavy (non-hydrogen) atoms. The second-order valence-electron chi connectivity index (χ2n) is 5.50. The number of benzene rings is 1. The first-order valence-corrected chi connectivity index (χ1v) is 7.58. The maximum atomic E-state index is 13.5. The summed E-state index contributed by atoms with van der Waals surface area (Å²) in [6.45, 7) is 1.25. The van der Waals surface area contributed by atoms with Gasteiger partial charge in [0.1, 0.15) is 18.2 Å². The van der Waals surface area contributed by atoms with Crippen LogP contribution in [-0.2, 0) is 9.53 Å². The van der Waals surface area contributed by atoms with Crippen LogP contribution in [0.4, 0.5) is 10.1 Å². The normalized spacial score (nSPS) is 20.9. The summed E-state index contributed by atoms with van der Waals surface area (Å²) < 4.78 is 23.9. The lowest BCUT2D eigenvalue weighted by atomic mass is 9.95. The first-order valence-electron chi connectivity index (χ1n) is 7.58. The summed E-state index contributed by atoms with van der Waals surface area (Å²) >= 11 is 0. The molecule has 0 saturated heterocycles. The van der Waals surface area contributed by atoms with Crippen molar-refractivity contribution in [3.8, 4) is 5.75 Å². The Bertz CT molecular complexity index is 510. The summed E-state index contributed by atoms with van der Waals surface area (Å²) in [6, 6.07) is 4.08. The molecule has 2 rings (SSSR count). The van der Waals surface area contributed by atoms with Crippen LogP contribution < -0.4 is 15.8 Å². The Balaban J connectivity index is 2.06. The molecule has 1 fully saturated rings. The van der Waals surface area contributed by atoms with E-state index in [1.807, 2.05) is 0 Å². The average Bonchev–Trinajstić information content (AvgIpc) is 2.98. The molecule has 5 nitrogen and oxygen atoms in total. The third-order valence-corrected chi connectivity index (χ3v) is 4.04. The fourth-order valence-electron chi connectivity index (χ4n) is 2.85. The van der Waals surface area contributed by atoms with Crippen molar-refractivity contribution in [2.45, 2.75) is 19.3 Å². The van der Waals surface area contributed by atoms with Crippen LogP contribution in [0.15, 0.2) is 18.2 Å². The van der Waals surface area contributed by atoms with Gasteiger partial charge in [0.05, 0.1) is 12.3 Å². The minimum atomic E-state index is -0.420. The Morgan fingerprint density at radius 3 is 2.95 bits per heavy atom. The summed E-state index contributed by atoms with van der Waals surface area (Å²) in [5.74, 6) is -0.00747. The van der Waals surface area contributed by atoms with Crippen molar-refractivity contribution in [2.75, 3.05) is 32.2 Å². The molecular weight excluding hydrogens is 287 g/mol. The smallest absolute Gasteiger partial charge is 0.227 e. The Kier molecular flexibility index (Phi) is 6.15. The zero-order valence-corrected chi connectivity index (χ0v) is 12.8. The molecule has 0 unspecified atom stereocenters. The highest BCUT2D eigenvalue weighted by Crippen LogP contribution is 2.33. The molecule has 1 saturated carbocycles.